The van der Waals surface area contributed by atoms with Crippen molar-refractivity contribution in [3.05, 3.63) is 33.1 Å². The van der Waals surface area contributed by atoms with E-state index in [2.05, 4.69) is 0 Å². The molecule has 0 bridgehead atoms. The van der Waals surface area contributed by atoms with Gasteiger partial charge in [0.25, 0.3) is 5.56 Å². The van der Waals surface area contributed by atoms with Crippen LogP contribution in [0.1, 0.15) is 13.2 Å². The number of H-pyrrole nitrogens is 1. The summed E-state index contributed by atoms with van der Waals surface area (Å²) in [4.78, 5) is 24.6. The molecule has 3 N–H and O–H groups in total. The highest BCUT2D eigenvalue weighted by Gasteiger charge is 2.53. The first-order chi connectivity index (χ1) is 8.95. The number of hydrogen-bond acceptors (Lipinski definition) is 5. The van der Waals surface area contributed by atoms with Gasteiger partial charge in [-0.25, -0.2) is 9.18 Å². The average molecular weight is 274 g/mol. The highest BCUT2D eigenvalue weighted by Crippen LogP contribution is 2.42. The van der Waals surface area contributed by atoms with E-state index in [9.17, 15) is 24.2 Å². The zero-order valence-electron chi connectivity index (χ0n) is 10.2. The molecule has 2 heterocycles. The molecule has 1 aromatic rings. The van der Waals surface area contributed by atoms with Gasteiger partial charge in [-0.15, -0.1) is 0 Å². The molecule has 0 aromatic carbocycles. The van der Waals surface area contributed by atoms with Gasteiger partial charge in [0, 0.05) is 18.2 Å². The van der Waals surface area contributed by atoms with Crippen LogP contribution >= 0.6 is 0 Å². The van der Waals surface area contributed by atoms with Crippen molar-refractivity contribution >= 4 is 0 Å². The minimum Gasteiger partial charge on any atom is -0.393 e. The van der Waals surface area contributed by atoms with Gasteiger partial charge in [-0.2, -0.15) is 0 Å². The average Bonchev–Trinajstić information content (AvgIpc) is 2.64. The molecule has 1 aliphatic heterocycles. The Kier molecular flexibility index (Phi) is 3.57. The van der Waals surface area contributed by atoms with Gasteiger partial charge < -0.3 is 14.9 Å². The number of aromatic amines is 1. The largest absolute Gasteiger partial charge is 0.393 e. The van der Waals surface area contributed by atoms with Gasteiger partial charge in [-0.05, 0) is 0 Å². The molecule has 7 nitrogen and oxygen atoms in total. The van der Waals surface area contributed by atoms with E-state index in [4.69, 9.17) is 4.74 Å². The van der Waals surface area contributed by atoms with Crippen LogP contribution in [0.25, 0.3) is 0 Å². The van der Waals surface area contributed by atoms with Gasteiger partial charge in [0.15, 0.2) is 12.4 Å². The maximum atomic E-state index is 14.2. The fraction of sp³-hybridized carbons (Fsp3) is 0.636. The van der Waals surface area contributed by atoms with Crippen molar-refractivity contribution in [2.45, 2.75) is 24.9 Å². The van der Waals surface area contributed by atoms with Crippen molar-refractivity contribution in [1.29, 1.82) is 0 Å². The van der Waals surface area contributed by atoms with Crippen molar-refractivity contribution in [2.75, 3.05) is 13.2 Å². The van der Waals surface area contributed by atoms with Gasteiger partial charge in [0.2, 0.25) is 0 Å². The van der Waals surface area contributed by atoms with Gasteiger partial charge in [-0.1, -0.05) is 6.92 Å². The lowest BCUT2D eigenvalue weighted by molar-refractivity contribution is -0.136. The molecule has 0 unspecified atom stereocenters. The Morgan fingerprint density at radius 2 is 2.11 bits per heavy atom. The van der Waals surface area contributed by atoms with E-state index in [-0.39, 0.29) is 0 Å². The summed E-state index contributed by atoms with van der Waals surface area (Å²) in [5.41, 5.74) is -2.85. The summed E-state index contributed by atoms with van der Waals surface area (Å²) in [5, 5.41) is 18.6. The molecule has 106 valence electrons. The molecular weight excluding hydrogens is 259 g/mol. The summed E-state index contributed by atoms with van der Waals surface area (Å²) in [5.74, 6) is -0.800. The van der Waals surface area contributed by atoms with Crippen molar-refractivity contribution in [3.8, 4) is 0 Å². The van der Waals surface area contributed by atoms with Crippen LogP contribution in [-0.4, -0.2) is 44.8 Å². The van der Waals surface area contributed by atoms with E-state index < -0.39 is 48.4 Å². The maximum absolute atomic E-state index is 14.2. The number of rotatable bonds is 3. The Morgan fingerprint density at radius 3 is 2.58 bits per heavy atom. The molecule has 3 atom stereocenters. The molecule has 0 spiro atoms. The summed E-state index contributed by atoms with van der Waals surface area (Å²) in [6.07, 6.45) is -1.77. The number of nitrogens with zero attached hydrogens (tertiary/aromatic N) is 1. The highest BCUT2D eigenvalue weighted by molar-refractivity contribution is 4.99. The normalized spacial score (nSPS) is 29.6. The van der Waals surface area contributed by atoms with Crippen molar-refractivity contribution < 1.29 is 19.3 Å². The highest BCUT2D eigenvalue weighted by atomic mass is 19.1. The van der Waals surface area contributed by atoms with Crippen LogP contribution < -0.4 is 11.2 Å². The number of aliphatic hydroxyl groups is 2. The van der Waals surface area contributed by atoms with Crippen LogP contribution in [0.3, 0.4) is 0 Å². The van der Waals surface area contributed by atoms with Gasteiger partial charge in [0.05, 0.1) is 13.2 Å². The zero-order valence-corrected chi connectivity index (χ0v) is 10.2. The quantitative estimate of drug-likeness (QED) is 0.639. The second-order valence-electron chi connectivity index (χ2n) is 4.64. The molecule has 8 heteroatoms. The maximum Gasteiger partial charge on any atom is 0.330 e. The fourth-order valence-electron chi connectivity index (χ4n) is 2.20. The van der Waals surface area contributed by atoms with Crippen molar-refractivity contribution in [1.82, 2.24) is 9.55 Å². The molecule has 1 saturated heterocycles. The van der Waals surface area contributed by atoms with E-state index in [0.717, 1.165) is 16.8 Å². The lowest BCUT2D eigenvalue weighted by Crippen LogP contribution is -2.43. The Labute approximate surface area is 107 Å². The van der Waals surface area contributed by atoms with E-state index in [1.54, 1.807) is 0 Å². The topological polar surface area (TPSA) is 105 Å². The predicted octanol–water partition coefficient (Wildman–Crippen LogP) is -1.24. The van der Waals surface area contributed by atoms with Crippen LogP contribution in [0, 0.1) is 5.92 Å². The fourth-order valence-corrected chi connectivity index (χ4v) is 2.20. The first-order valence-electron chi connectivity index (χ1n) is 5.80. The Hall–Kier alpha value is -1.51. The Bertz CT molecular complexity index is 565. The second kappa shape index (κ2) is 4.87. The number of ether oxygens (including phenoxy) is 1. The number of aliphatic hydroxyl groups excluding tert-OH is 2. The molecule has 0 radical (unpaired) electrons. The Morgan fingerprint density at radius 1 is 1.47 bits per heavy atom. The third kappa shape index (κ3) is 2.11. The second-order valence-corrected chi connectivity index (χ2v) is 4.64. The summed E-state index contributed by atoms with van der Waals surface area (Å²) in [7, 11) is 0. The van der Waals surface area contributed by atoms with E-state index in [1.807, 2.05) is 4.98 Å². The summed E-state index contributed by atoms with van der Waals surface area (Å²) >= 11 is 0. The monoisotopic (exact) mass is 274 g/mol. The van der Waals surface area contributed by atoms with Crippen LogP contribution in [0.15, 0.2) is 21.9 Å². The summed E-state index contributed by atoms with van der Waals surface area (Å²) in [6.45, 7) is 0.340. The summed E-state index contributed by atoms with van der Waals surface area (Å²) in [6, 6.07) is 1.07. The van der Waals surface area contributed by atoms with Crippen molar-refractivity contribution in [2.24, 2.45) is 5.92 Å². The molecule has 2 rings (SSSR count). The molecule has 1 fully saturated rings. The van der Waals surface area contributed by atoms with Crippen molar-refractivity contribution in [3.63, 3.8) is 0 Å². The zero-order chi connectivity index (χ0) is 14.2. The first kappa shape index (κ1) is 13.9. The minimum atomic E-state index is -1.59. The smallest absolute Gasteiger partial charge is 0.330 e. The molecule has 19 heavy (non-hydrogen) atoms. The van der Waals surface area contributed by atoms with Crippen LogP contribution in [0.4, 0.5) is 4.39 Å². The lowest BCUT2D eigenvalue weighted by atomic mass is 9.89. The number of aromatic nitrogens is 2. The lowest BCUT2D eigenvalue weighted by Gasteiger charge is -2.28. The van der Waals surface area contributed by atoms with Crippen LogP contribution in [0.5, 0.6) is 0 Å². The molecule has 0 saturated carbocycles. The Balaban J connectivity index is 2.42. The van der Waals surface area contributed by atoms with E-state index in [1.165, 1.54) is 6.92 Å². The third-order valence-corrected chi connectivity index (χ3v) is 3.60. The molecule has 0 amide bonds. The molecule has 0 aliphatic carbocycles. The van der Waals surface area contributed by atoms with Crippen LogP contribution in [0.2, 0.25) is 0 Å². The molecule has 1 aliphatic rings. The van der Waals surface area contributed by atoms with Gasteiger partial charge in [0.1, 0.15) is 5.60 Å². The van der Waals surface area contributed by atoms with Crippen LogP contribution in [-0.2, 0) is 4.74 Å². The summed E-state index contributed by atoms with van der Waals surface area (Å²) < 4.78 is 20.5. The molecular formula is C11H15FN2O5. The van der Waals surface area contributed by atoms with Gasteiger partial charge >= 0.3 is 5.69 Å². The minimum absolute atomic E-state index is 0.570. The van der Waals surface area contributed by atoms with E-state index in [0.29, 0.717) is 0 Å². The number of hydrogen-bond donors (Lipinski definition) is 3. The molecule has 1 aromatic heterocycles. The number of halogens is 1. The van der Waals surface area contributed by atoms with E-state index >= 15 is 0 Å². The first-order valence-corrected chi connectivity index (χ1v) is 5.80. The standard InChI is InChI=1S/C11H15FN2O5/c1-6-8(12)9(19-11(6,4-15)5-16)14-3-2-7(17)13-10(14)18/h2-3,6,8-9,15-16H,4-5H2,1H3,(H,13,17,18)/t6-,8-,9+/m0/s1. The van der Waals surface area contributed by atoms with Gasteiger partial charge in [-0.3, -0.25) is 14.3 Å². The third-order valence-electron chi connectivity index (χ3n) is 3.60. The number of alkyl halides is 1. The SMILES string of the molecule is C[C@H]1[C@H](F)[C@H](n2ccc(=O)[nH]c2=O)OC1(CO)CO. The number of nitrogens with one attached hydrogen (secondary N) is 1. The predicted molar refractivity (Wildman–Crippen MR) is 62.4 cm³/mol.